The molecule has 0 saturated carbocycles. The predicted octanol–water partition coefficient (Wildman–Crippen LogP) is -0.742. The molecule has 6 heteroatoms. The van der Waals surface area contributed by atoms with Crippen molar-refractivity contribution >= 4 is 10.1 Å². The molecule has 1 rings (SSSR count). The molecule has 14 heavy (non-hydrogen) atoms. The third-order valence-electron chi connectivity index (χ3n) is 2.13. The fourth-order valence-corrected chi connectivity index (χ4v) is 1.85. The molecule has 0 spiro atoms. The van der Waals surface area contributed by atoms with Gasteiger partial charge in [0.2, 0.25) is 0 Å². The molecule has 84 valence electrons. The third kappa shape index (κ3) is 5.54. The van der Waals surface area contributed by atoms with Crippen molar-refractivity contribution in [1.82, 2.24) is 10.2 Å². The maximum atomic E-state index is 10.6. The molecule has 1 heterocycles. The van der Waals surface area contributed by atoms with Crippen molar-refractivity contribution in [3.8, 4) is 0 Å². The zero-order valence-electron chi connectivity index (χ0n) is 8.53. The summed E-state index contributed by atoms with van der Waals surface area (Å²) in [6.45, 7) is 5.33. The van der Waals surface area contributed by atoms with Crippen LogP contribution in [0, 0.1) is 0 Å². The van der Waals surface area contributed by atoms with Crippen LogP contribution >= 0.6 is 0 Å². The van der Waals surface area contributed by atoms with Crippen molar-refractivity contribution in [2.45, 2.75) is 6.42 Å². The van der Waals surface area contributed by atoms with E-state index in [2.05, 4.69) is 14.4 Å². The predicted molar refractivity (Wildman–Crippen MR) is 54.7 cm³/mol. The maximum absolute atomic E-state index is 10.6. The van der Waals surface area contributed by atoms with Gasteiger partial charge < -0.3 is 10.2 Å². The first kappa shape index (κ1) is 11.9. The summed E-state index contributed by atoms with van der Waals surface area (Å²) in [7, 11) is -3.26. The summed E-state index contributed by atoms with van der Waals surface area (Å²) >= 11 is 0. The van der Waals surface area contributed by atoms with E-state index < -0.39 is 10.1 Å². The van der Waals surface area contributed by atoms with Crippen LogP contribution in [0.4, 0.5) is 0 Å². The van der Waals surface area contributed by atoms with E-state index in [1.165, 1.54) is 0 Å². The van der Waals surface area contributed by atoms with Crippen LogP contribution < -0.4 is 5.32 Å². The molecule has 0 atom stereocenters. The minimum Gasteiger partial charge on any atom is -0.314 e. The number of piperazine rings is 1. The highest BCUT2D eigenvalue weighted by Gasteiger charge is 2.09. The summed E-state index contributed by atoms with van der Waals surface area (Å²) < 4.78 is 25.9. The van der Waals surface area contributed by atoms with E-state index in [1.54, 1.807) is 0 Å². The van der Waals surface area contributed by atoms with Gasteiger partial charge in [-0.15, -0.1) is 0 Å². The van der Waals surface area contributed by atoms with Crippen molar-refractivity contribution in [3.63, 3.8) is 0 Å². The summed E-state index contributed by atoms with van der Waals surface area (Å²) in [6, 6.07) is 0. The second-order valence-electron chi connectivity index (χ2n) is 3.47. The van der Waals surface area contributed by atoms with Crippen molar-refractivity contribution in [1.29, 1.82) is 0 Å². The minimum atomic E-state index is -3.26. The van der Waals surface area contributed by atoms with E-state index >= 15 is 0 Å². The highest BCUT2D eigenvalue weighted by molar-refractivity contribution is 7.85. The highest BCUT2D eigenvalue weighted by Crippen LogP contribution is 1.96. The molecule has 0 aromatic carbocycles. The van der Waals surface area contributed by atoms with Crippen molar-refractivity contribution in [2.75, 3.05) is 45.6 Å². The Labute approximate surface area is 85.5 Å². The van der Waals surface area contributed by atoms with Gasteiger partial charge in [-0.2, -0.15) is 8.42 Å². The van der Waals surface area contributed by atoms with E-state index in [0.717, 1.165) is 45.4 Å². The van der Waals surface area contributed by atoms with Gasteiger partial charge in [0.05, 0.1) is 12.9 Å². The normalized spacial score (nSPS) is 19.8. The first-order valence-corrected chi connectivity index (χ1v) is 6.67. The van der Waals surface area contributed by atoms with Gasteiger partial charge in [0.25, 0.3) is 10.1 Å². The molecular weight excluding hydrogens is 204 g/mol. The van der Waals surface area contributed by atoms with Crippen LogP contribution in [0.3, 0.4) is 0 Å². The minimum absolute atomic E-state index is 0.294. The van der Waals surface area contributed by atoms with Crippen LogP contribution in [0.15, 0.2) is 0 Å². The quantitative estimate of drug-likeness (QED) is 0.490. The topological polar surface area (TPSA) is 58.6 Å². The molecule has 0 radical (unpaired) electrons. The first-order valence-electron chi connectivity index (χ1n) is 4.85. The molecule has 1 aliphatic heterocycles. The average molecular weight is 222 g/mol. The SMILES string of the molecule is CS(=O)(=O)OCCCN1CCNCC1. The first-order chi connectivity index (χ1) is 6.58. The lowest BCUT2D eigenvalue weighted by Crippen LogP contribution is -2.43. The molecule has 0 bridgehead atoms. The number of rotatable bonds is 5. The summed E-state index contributed by atoms with van der Waals surface area (Å²) in [5.74, 6) is 0. The molecule has 0 aliphatic carbocycles. The molecule has 1 fully saturated rings. The Balaban J connectivity index is 2.03. The van der Waals surface area contributed by atoms with Crippen LogP contribution in [0.2, 0.25) is 0 Å². The summed E-state index contributed by atoms with van der Waals surface area (Å²) in [5, 5.41) is 3.26. The van der Waals surface area contributed by atoms with Crippen molar-refractivity contribution < 1.29 is 12.6 Å². The number of nitrogens with one attached hydrogen (secondary N) is 1. The van der Waals surface area contributed by atoms with Crippen LogP contribution in [-0.4, -0.2) is 58.9 Å². The molecule has 1 N–H and O–H groups in total. The Morgan fingerprint density at radius 2 is 2.00 bits per heavy atom. The van der Waals surface area contributed by atoms with Crippen LogP contribution in [0.5, 0.6) is 0 Å². The number of hydrogen-bond acceptors (Lipinski definition) is 5. The Bertz CT molecular complexity index is 247. The lowest BCUT2D eigenvalue weighted by atomic mass is 10.3. The largest absolute Gasteiger partial charge is 0.314 e. The monoisotopic (exact) mass is 222 g/mol. The Morgan fingerprint density at radius 3 is 2.57 bits per heavy atom. The number of nitrogens with zero attached hydrogens (tertiary/aromatic N) is 1. The Morgan fingerprint density at radius 1 is 1.36 bits per heavy atom. The fraction of sp³-hybridized carbons (Fsp3) is 1.00. The lowest BCUT2D eigenvalue weighted by molar-refractivity contribution is 0.216. The molecule has 5 nitrogen and oxygen atoms in total. The van der Waals surface area contributed by atoms with Crippen LogP contribution in [-0.2, 0) is 14.3 Å². The van der Waals surface area contributed by atoms with Gasteiger partial charge in [0.15, 0.2) is 0 Å². The van der Waals surface area contributed by atoms with Gasteiger partial charge in [-0.3, -0.25) is 4.18 Å². The third-order valence-corrected chi connectivity index (χ3v) is 2.72. The second-order valence-corrected chi connectivity index (χ2v) is 5.12. The molecule has 0 aromatic rings. The van der Waals surface area contributed by atoms with Gasteiger partial charge in [-0.1, -0.05) is 0 Å². The highest BCUT2D eigenvalue weighted by atomic mass is 32.2. The van der Waals surface area contributed by atoms with Crippen LogP contribution in [0.25, 0.3) is 0 Å². The Hall–Kier alpha value is -0.170. The van der Waals surface area contributed by atoms with Gasteiger partial charge in [-0.25, -0.2) is 0 Å². The summed E-state index contributed by atoms with van der Waals surface area (Å²) in [4.78, 5) is 2.31. The van der Waals surface area contributed by atoms with E-state index in [1.807, 2.05) is 0 Å². The molecule has 0 aromatic heterocycles. The second kappa shape index (κ2) is 5.65. The molecule has 1 aliphatic rings. The molecule has 0 unspecified atom stereocenters. The fourth-order valence-electron chi connectivity index (χ4n) is 1.43. The van der Waals surface area contributed by atoms with E-state index in [9.17, 15) is 8.42 Å². The number of hydrogen-bond donors (Lipinski definition) is 1. The lowest BCUT2D eigenvalue weighted by Gasteiger charge is -2.26. The molecule has 0 amide bonds. The smallest absolute Gasteiger partial charge is 0.264 e. The molecular formula is C8H18N2O3S. The zero-order valence-corrected chi connectivity index (χ0v) is 9.35. The summed E-state index contributed by atoms with van der Waals surface area (Å²) in [5.41, 5.74) is 0. The Kier molecular flexibility index (Phi) is 4.80. The zero-order chi connectivity index (χ0) is 10.4. The van der Waals surface area contributed by atoms with Gasteiger partial charge in [-0.05, 0) is 6.42 Å². The summed E-state index contributed by atoms with van der Waals surface area (Å²) in [6.07, 6.45) is 1.85. The van der Waals surface area contributed by atoms with E-state index in [-0.39, 0.29) is 0 Å². The molecule has 1 saturated heterocycles. The maximum Gasteiger partial charge on any atom is 0.264 e. The van der Waals surface area contributed by atoms with Crippen LogP contribution in [0.1, 0.15) is 6.42 Å². The standard InChI is InChI=1S/C8H18N2O3S/c1-14(11,12)13-8-2-5-10-6-3-9-4-7-10/h9H,2-8H2,1H3. The van der Waals surface area contributed by atoms with E-state index in [4.69, 9.17) is 0 Å². The van der Waals surface area contributed by atoms with Gasteiger partial charge in [0, 0.05) is 32.7 Å². The van der Waals surface area contributed by atoms with Gasteiger partial charge >= 0.3 is 0 Å². The van der Waals surface area contributed by atoms with E-state index in [0.29, 0.717) is 6.61 Å². The average Bonchev–Trinajstić information content (AvgIpc) is 2.13. The van der Waals surface area contributed by atoms with Crippen molar-refractivity contribution in [3.05, 3.63) is 0 Å². The van der Waals surface area contributed by atoms with Crippen molar-refractivity contribution in [2.24, 2.45) is 0 Å². The van der Waals surface area contributed by atoms with Gasteiger partial charge in [0.1, 0.15) is 0 Å².